The Morgan fingerprint density at radius 3 is 2.82 bits per heavy atom. The maximum Gasteiger partial charge on any atom is 0.155 e. The number of para-hydroxylation sites is 1. The average molecular weight is 233 g/mol. The van der Waals surface area contributed by atoms with E-state index in [2.05, 4.69) is 10.1 Å². The van der Waals surface area contributed by atoms with Crippen LogP contribution in [0, 0.1) is 0 Å². The molecule has 0 bridgehead atoms. The minimum absolute atomic E-state index is 0.455. The van der Waals surface area contributed by atoms with Crippen molar-refractivity contribution in [2.24, 2.45) is 7.05 Å². The molecule has 0 aliphatic rings. The molecule has 1 atom stereocenters. The number of hydrogen-bond donors (Lipinski definition) is 1. The van der Waals surface area contributed by atoms with Gasteiger partial charge in [-0.15, -0.1) is 0 Å². The van der Waals surface area contributed by atoms with E-state index in [0.29, 0.717) is 12.2 Å². The molecule has 0 saturated carbocycles. The summed E-state index contributed by atoms with van der Waals surface area (Å²) in [7, 11) is 3.38. The molecule has 0 aliphatic heterocycles. The minimum atomic E-state index is -0.682. The minimum Gasteiger partial charge on any atom is -0.496 e. The van der Waals surface area contributed by atoms with Crippen LogP contribution in [0.4, 0.5) is 0 Å². The zero-order chi connectivity index (χ0) is 12.3. The molecule has 0 radical (unpaired) electrons. The van der Waals surface area contributed by atoms with Gasteiger partial charge in [0.2, 0.25) is 0 Å². The van der Waals surface area contributed by atoms with Crippen LogP contribution in [0.25, 0.3) is 0 Å². The molecular weight excluding hydrogens is 218 g/mol. The average Bonchev–Trinajstić information content (AvgIpc) is 2.76. The molecule has 2 rings (SSSR count). The molecule has 2 aromatic rings. The van der Waals surface area contributed by atoms with Gasteiger partial charge < -0.3 is 9.84 Å². The van der Waals surface area contributed by atoms with Gasteiger partial charge in [0, 0.05) is 13.5 Å². The van der Waals surface area contributed by atoms with Gasteiger partial charge in [0.25, 0.3) is 0 Å². The number of nitrogens with zero attached hydrogens (tertiary/aromatic N) is 3. The fourth-order valence-corrected chi connectivity index (χ4v) is 1.78. The van der Waals surface area contributed by atoms with Gasteiger partial charge in [-0.1, -0.05) is 18.2 Å². The summed E-state index contributed by atoms with van der Waals surface area (Å²) in [6, 6.07) is 7.62. The maximum atomic E-state index is 10.1. The second-order valence-electron chi connectivity index (χ2n) is 3.77. The zero-order valence-electron chi connectivity index (χ0n) is 9.87. The molecule has 0 spiro atoms. The van der Waals surface area contributed by atoms with Gasteiger partial charge in [0.1, 0.15) is 18.2 Å². The van der Waals surface area contributed by atoms with Crippen molar-refractivity contribution in [2.45, 2.75) is 12.5 Å². The predicted molar refractivity (Wildman–Crippen MR) is 62.7 cm³/mol. The maximum absolute atomic E-state index is 10.1. The lowest BCUT2D eigenvalue weighted by atomic mass is 10.1. The monoisotopic (exact) mass is 233 g/mol. The second kappa shape index (κ2) is 4.97. The van der Waals surface area contributed by atoms with Gasteiger partial charge in [-0.25, -0.2) is 4.98 Å². The summed E-state index contributed by atoms with van der Waals surface area (Å²) >= 11 is 0. The van der Waals surface area contributed by atoms with Crippen molar-refractivity contribution in [3.8, 4) is 5.75 Å². The Kier molecular flexibility index (Phi) is 3.39. The Hall–Kier alpha value is -1.88. The van der Waals surface area contributed by atoms with Gasteiger partial charge in [-0.3, -0.25) is 4.68 Å². The Bertz CT molecular complexity index is 496. The van der Waals surface area contributed by atoms with Gasteiger partial charge in [-0.05, 0) is 11.6 Å². The molecule has 0 amide bonds. The predicted octanol–water partition coefficient (Wildman–Crippen LogP) is 1.10. The highest BCUT2D eigenvalue weighted by Crippen LogP contribution is 2.23. The van der Waals surface area contributed by atoms with Crippen LogP contribution in [0.2, 0.25) is 0 Å². The summed E-state index contributed by atoms with van der Waals surface area (Å²) < 4.78 is 6.81. The van der Waals surface area contributed by atoms with Crippen molar-refractivity contribution in [3.05, 3.63) is 42.0 Å². The van der Waals surface area contributed by atoms with E-state index in [9.17, 15) is 5.11 Å². The van der Waals surface area contributed by atoms with Crippen molar-refractivity contribution in [1.82, 2.24) is 14.8 Å². The third-order valence-corrected chi connectivity index (χ3v) is 2.65. The molecule has 0 fully saturated rings. The van der Waals surface area contributed by atoms with Gasteiger partial charge in [0.05, 0.1) is 7.11 Å². The summed E-state index contributed by atoms with van der Waals surface area (Å²) in [4.78, 5) is 4.03. The molecule has 90 valence electrons. The summed E-state index contributed by atoms with van der Waals surface area (Å²) in [5.41, 5.74) is 0.950. The normalized spacial score (nSPS) is 12.4. The summed E-state index contributed by atoms with van der Waals surface area (Å²) in [6.07, 6.45) is 1.20. The Morgan fingerprint density at radius 2 is 2.18 bits per heavy atom. The van der Waals surface area contributed by atoms with E-state index < -0.39 is 6.10 Å². The molecule has 0 aliphatic carbocycles. The number of aromatic nitrogens is 3. The standard InChI is InChI=1S/C12H15N3O2/c1-15-12(13-8-14-15)10(16)7-9-5-3-4-6-11(9)17-2/h3-6,8,10,16H,7H2,1-2H3. The first kappa shape index (κ1) is 11.6. The van der Waals surface area contributed by atoms with Gasteiger partial charge >= 0.3 is 0 Å². The van der Waals surface area contributed by atoms with E-state index in [1.54, 1.807) is 18.8 Å². The number of aliphatic hydroxyl groups is 1. The SMILES string of the molecule is COc1ccccc1CC(O)c1ncnn1C. The highest BCUT2D eigenvalue weighted by atomic mass is 16.5. The first-order valence-electron chi connectivity index (χ1n) is 5.36. The Labute approximate surface area is 99.7 Å². The Morgan fingerprint density at radius 1 is 1.41 bits per heavy atom. The largest absolute Gasteiger partial charge is 0.496 e. The topological polar surface area (TPSA) is 60.2 Å². The third kappa shape index (κ3) is 2.45. The van der Waals surface area contributed by atoms with E-state index in [1.807, 2.05) is 24.3 Å². The first-order valence-corrected chi connectivity index (χ1v) is 5.36. The molecule has 5 heteroatoms. The third-order valence-electron chi connectivity index (χ3n) is 2.65. The van der Waals surface area contributed by atoms with Gasteiger partial charge in [0.15, 0.2) is 5.82 Å². The molecule has 1 N–H and O–H groups in total. The van der Waals surface area contributed by atoms with E-state index in [4.69, 9.17) is 4.74 Å². The second-order valence-corrected chi connectivity index (χ2v) is 3.77. The number of aliphatic hydroxyl groups excluding tert-OH is 1. The highest BCUT2D eigenvalue weighted by Gasteiger charge is 2.15. The van der Waals surface area contributed by atoms with E-state index in [0.717, 1.165) is 11.3 Å². The number of methoxy groups -OCH3 is 1. The Balaban J connectivity index is 2.18. The van der Waals surface area contributed by atoms with E-state index in [-0.39, 0.29) is 0 Å². The van der Waals surface area contributed by atoms with Crippen LogP contribution in [0.3, 0.4) is 0 Å². The lowest BCUT2D eigenvalue weighted by molar-refractivity contribution is 0.162. The highest BCUT2D eigenvalue weighted by molar-refractivity contribution is 5.33. The number of ether oxygens (including phenoxy) is 1. The van der Waals surface area contributed by atoms with Gasteiger partial charge in [-0.2, -0.15) is 5.10 Å². The molecule has 1 aromatic heterocycles. The summed E-state index contributed by atoms with van der Waals surface area (Å²) in [6.45, 7) is 0. The van der Waals surface area contributed by atoms with Crippen molar-refractivity contribution < 1.29 is 9.84 Å². The zero-order valence-corrected chi connectivity index (χ0v) is 9.87. The van der Waals surface area contributed by atoms with Crippen LogP contribution in [0.15, 0.2) is 30.6 Å². The van der Waals surface area contributed by atoms with Crippen molar-refractivity contribution >= 4 is 0 Å². The fraction of sp³-hybridized carbons (Fsp3) is 0.333. The van der Waals surface area contributed by atoms with Crippen LogP contribution in [0.5, 0.6) is 5.75 Å². The molecule has 1 unspecified atom stereocenters. The number of hydrogen-bond acceptors (Lipinski definition) is 4. The van der Waals surface area contributed by atoms with Crippen LogP contribution in [-0.2, 0) is 13.5 Å². The smallest absolute Gasteiger partial charge is 0.155 e. The van der Waals surface area contributed by atoms with Crippen LogP contribution < -0.4 is 4.74 Å². The number of benzene rings is 1. The van der Waals surface area contributed by atoms with Crippen LogP contribution in [-0.4, -0.2) is 27.0 Å². The number of aryl methyl sites for hydroxylation is 1. The molecule has 0 saturated heterocycles. The lowest BCUT2D eigenvalue weighted by Crippen LogP contribution is -2.10. The summed E-state index contributed by atoms with van der Waals surface area (Å²) in [5.74, 6) is 1.32. The molecule has 17 heavy (non-hydrogen) atoms. The molecule has 5 nitrogen and oxygen atoms in total. The van der Waals surface area contributed by atoms with Crippen molar-refractivity contribution in [2.75, 3.05) is 7.11 Å². The molecule has 1 aromatic carbocycles. The van der Waals surface area contributed by atoms with Crippen LogP contribution in [0.1, 0.15) is 17.5 Å². The number of rotatable bonds is 4. The quantitative estimate of drug-likeness (QED) is 0.859. The molecular formula is C12H15N3O2. The van der Waals surface area contributed by atoms with E-state index in [1.165, 1.54) is 6.33 Å². The fourth-order valence-electron chi connectivity index (χ4n) is 1.78. The van der Waals surface area contributed by atoms with Crippen molar-refractivity contribution in [1.29, 1.82) is 0 Å². The first-order chi connectivity index (χ1) is 8.22. The van der Waals surface area contributed by atoms with Crippen molar-refractivity contribution in [3.63, 3.8) is 0 Å². The summed E-state index contributed by atoms with van der Waals surface area (Å²) in [5, 5.41) is 14.0. The van der Waals surface area contributed by atoms with Crippen LogP contribution >= 0.6 is 0 Å². The van der Waals surface area contributed by atoms with E-state index >= 15 is 0 Å². The lowest BCUT2D eigenvalue weighted by Gasteiger charge is -2.12. The molecule has 1 heterocycles.